The minimum atomic E-state index is -3.93. The van der Waals surface area contributed by atoms with E-state index in [1.54, 1.807) is 54.6 Å². The van der Waals surface area contributed by atoms with E-state index in [2.05, 4.69) is 47.1 Å². The molecule has 2 aliphatic rings. The standard InChI is InChI=1S/C21H20BrN3O6S.C13H12BrClN2O3S.C8H9NO3/c1-30-17-4-2-3-16(19(17)21(26)27)24-20-14-11-13(22)5-6-15(14)23-12-18(20)32(28,29)25-7-9-31-10-8-25;14-9-1-2-11-10(7-9)13(15)12(8-16-11)21(18,19)17-3-5-20-6-4-17;1-12-6-4-2-3-5(9)7(6)8(10)11/h2-6,11-12H,7-10H2,1H3,(H,23,24)(H,26,27);1-2,7-8H,3-6H2;2-4H,9H2,1H3,(H,10,11). The summed E-state index contributed by atoms with van der Waals surface area (Å²) in [5.74, 6) is -1.85. The number of fused-ring (bicyclic) bond motifs is 2. The Morgan fingerprint density at radius 1 is 0.708 bits per heavy atom. The molecule has 0 saturated carbocycles. The highest BCUT2D eigenvalue weighted by Gasteiger charge is 2.32. The van der Waals surface area contributed by atoms with Crippen molar-refractivity contribution in [1.29, 1.82) is 0 Å². The third-order valence-corrected chi connectivity index (χ3v) is 15.2. The van der Waals surface area contributed by atoms with Crippen molar-refractivity contribution in [2.75, 3.05) is 77.9 Å². The van der Waals surface area contributed by atoms with Gasteiger partial charge in [-0.15, -0.1) is 0 Å². The molecule has 5 N–H and O–H groups in total. The molecule has 0 amide bonds. The minimum Gasteiger partial charge on any atom is -0.496 e. The number of morpholine rings is 2. The van der Waals surface area contributed by atoms with Gasteiger partial charge >= 0.3 is 11.9 Å². The summed E-state index contributed by atoms with van der Waals surface area (Å²) in [6, 6.07) is 20.1. The Morgan fingerprint density at radius 2 is 1.17 bits per heavy atom. The number of carboxylic acids is 2. The van der Waals surface area contributed by atoms with Crippen LogP contribution in [-0.4, -0.2) is 124 Å². The summed E-state index contributed by atoms with van der Waals surface area (Å²) < 4.78 is 77.1. The summed E-state index contributed by atoms with van der Waals surface area (Å²) in [6.45, 7) is 2.48. The Morgan fingerprint density at radius 3 is 1.68 bits per heavy atom. The van der Waals surface area contributed by atoms with Crippen LogP contribution in [0.4, 0.5) is 17.1 Å². The molecule has 65 heavy (non-hydrogen) atoms. The number of sulfonamides is 2. The van der Waals surface area contributed by atoms with Crippen molar-refractivity contribution >= 4 is 114 Å². The number of anilines is 3. The molecule has 0 radical (unpaired) electrons. The lowest BCUT2D eigenvalue weighted by atomic mass is 10.1. The van der Waals surface area contributed by atoms with Crippen LogP contribution in [-0.2, 0) is 29.5 Å². The smallest absolute Gasteiger partial charge is 0.341 e. The zero-order valence-corrected chi connectivity index (χ0v) is 40.1. The molecule has 18 nitrogen and oxygen atoms in total. The number of rotatable bonds is 10. The molecule has 2 aliphatic heterocycles. The van der Waals surface area contributed by atoms with E-state index in [4.69, 9.17) is 41.4 Å². The molecule has 2 fully saturated rings. The van der Waals surface area contributed by atoms with E-state index < -0.39 is 32.0 Å². The van der Waals surface area contributed by atoms with Crippen molar-refractivity contribution in [3.63, 3.8) is 0 Å². The van der Waals surface area contributed by atoms with Gasteiger partial charge in [0.15, 0.2) is 0 Å². The van der Waals surface area contributed by atoms with Crippen LogP contribution in [0.15, 0.2) is 104 Å². The highest BCUT2D eigenvalue weighted by molar-refractivity contribution is 9.10. The average molecular weight is 1080 g/mol. The number of aromatic carboxylic acids is 2. The molecule has 8 rings (SSSR count). The number of carboxylic acid groups (broad SMARTS) is 2. The summed E-state index contributed by atoms with van der Waals surface area (Å²) >= 11 is 13.1. The van der Waals surface area contributed by atoms with Crippen LogP contribution in [0.2, 0.25) is 5.02 Å². The number of ether oxygens (including phenoxy) is 4. The maximum absolute atomic E-state index is 13.5. The van der Waals surface area contributed by atoms with Crippen LogP contribution in [0, 0.1) is 0 Å². The van der Waals surface area contributed by atoms with Crippen molar-refractivity contribution < 1.29 is 55.6 Å². The summed E-state index contributed by atoms with van der Waals surface area (Å²) in [6.07, 6.45) is 2.62. The van der Waals surface area contributed by atoms with Crippen molar-refractivity contribution in [3.8, 4) is 11.5 Å². The Bertz CT molecular complexity index is 2980. The Labute approximate surface area is 395 Å². The first-order valence-electron chi connectivity index (χ1n) is 19.3. The van der Waals surface area contributed by atoms with Crippen molar-refractivity contribution in [2.45, 2.75) is 9.79 Å². The first kappa shape index (κ1) is 49.3. The highest BCUT2D eigenvalue weighted by Crippen LogP contribution is 2.38. The monoisotopic (exact) mass is 1080 g/mol. The molecular formula is C42H41Br2ClN6O12S2. The van der Waals surface area contributed by atoms with Gasteiger partial charge in [-0.1, -0.05) is 55.6 Å². The predicted molar refractivity (Wildman–Crippen MR) is 251 cm³/mol. The number of pyridine rings is 2. The lowest BCUT2D eigenvalue weighted by Gasteiger charge is -2.27. The summed E-state index contributed by atoms with van der Waals surface area (Å²) in [5.41, 5.74) is 7.19. The molecule has 2 aromatic heterocycles. The molecule has 2 saturated heterocycles. The van der Waals surface area contributed by atoms with Gasteiger partial charge in [0.05, 0.1) is 68.1 Å². The number of aromatic nitrogens is 2. The molecular weight excluding hydrogens is 1040 g/mol. The number of hydrogen-bond acceptors (Lipinski definition) is 14. The van der Waals surface area contributed by atoms with Crippen LogP contribution >= 0.6 is 43.5 Å². The minimum absolute atomic E-state index is 0.0139. The fourth-order valence-corrected chi connectivity index (χ4v) is 10.9. The largest absolute Gasteiger partial charge is 0.496 e. The van der Waals surface area contributed by atoms with Crippen LogP contribution in [0.5, 0.6) is 11.5 Å². The average Bonchev–Trinajstić information content (AvgIpc) is 3.30. The van der Waals surface area contributed by atoms with Crippen molar-refractivity contribution in [3.05, 3.63) is 110 Å². The molecule has 0 aliphatic carbocycles. The second-order valence-electron chi connectivity index (χ2n) is 13.8. The van der Waals surface area contributed by atoms with Gasteiger partial charge in [0, 0.05) is 64.0 Å². The molecule has 4 heterocycles. The Balaban J connectivity index is 0.000000181. The van der Waals surface area contributed by atoms with Gasteiger partial charge in [0.25, 0.3) is 0 Å². The topological polar surface area (TPSA) is 250 Å². The molecule has 0 unspecified atom stereocenters. The number of carbonyl (C=O) groups is 2. The van der Waals surface area contributed by atoms with Crippen LogP contribution in [0.25, 0.3) is 21.8 Å². The number of nitrogens with two attached hydrogens (primary N) is 1. The van der Waals surface area contributed by atoms with Gasteiger partial charge in [-0.3, -0.25) is 9.97 Å². The van der Waals surface area contributed by atoms with E-state index in [1.165, 1.54) is 47.4 Å². The Kier molecular flexibility index (Phi) is 16.2. The fraction of sp³-hybridized carbons (Fsp3) is 0.238. The van der Waals surface area contributed by atoms with E-state index >= 15 is 0 Å². The quantitative estimate of drug-likeness (QED) is 0.0997. The van der Waals surface area contributed by atoms with Gasteiger partial charge in [-0.2, -0.15) is 8.61 Å². The van der Waals surface area contributed by atoms with Crippen LogP contribution in [0.1, 0.15) is 20.7 Å². The maximum Gasteiger partial charge on any atom is 0.341 e. The van der Waals surface area contributed by atoms with E-state index in [9.17, 15) is 31.5 Å². The molecule has 344 valence electrons. The summed E-state index contributed by atoms with van der Waals surface area (Å²) in [5, 5.41) is 22.9. The molecule has 4 aromatic carbocycles. The Hall–Kier alpha value is -5.17. The number of benzene rings is 4. The number of methoxy groups -OCH3 is 2. The van der Waals surface area contributed by atoms with Crippen molar-refractivity contribution in [1.82, 2.24) is 18.6 Å². The third kappa shape index (κ3) is 11.1. The first-order chi connectivity index (χ1) is 31.0. The molecule has 23 heteroatoms. The number of nitrogens with one attached hydrogen (secondary N) is 1. The van der Waals surface area contributed by atoms with E-state index in [1.807, 2.05) is 6.07 Å². The number of hydrogen-bond donors (Lipinski definition) is 4. The number of nitrogen functional groups attached to an aromatic ring is 1. The first-order valence-corrected chi connectivity index (χ1v) is 24.1. The molecule has 0 atom stereocenters. The third-order valence-electron chi connectivity index (χ3n) is 9.92. The van der Waals surface area contributed by atoms with E-state index in [0.717, 1.165) is 8.95 Å². The highest BCUT2D eigenvalue weighted by atomic mass is 79.9. The summed E-state index contributed by atoms with van der Waals surface area (Å²) in [4.78, 5) is 31.1. The van der Waals surface area contributed by atoms with Gasteiger partial charge in [0.1, 0.15) is 32.4 Å². The second-order valence-corrected chi connectivity index (χ2v) is 19.9. The van der Waals surface area contributed by atoms with Crippen molar-refractivity contribution in [2.24, 2.45) is 0 Å². The molecule has 6 aromatic rings. The lowest BCUT2D eigenvalue weighted by molar-refractivity contribution is 0.0683. The van der Waals surface area contributed by atoms with E-state index in [-0.39, 0.29) is 67.6 Å². The maximum atomic E-state index is 13.5. The van der Waals surface area contributed by atoms with Gasteiger partial charge in [-0.25, -0.2) is 26.4 Å². The predicted octanol–water partition coefficient (Wildman–Crippen LogP) is 7.12. The fourth-order valence-electron chi connectivity index (χ4n) is 6.72. The SMILES string of the molecule is COc1cccc(N)c1C(=O)O.COc1cccc(Nc2c(S(=O)(=O)N3CCOCC3)cnc3ccc(Br)cc23)c1C(=O)O.O=S(=O)(c1cnc2ccc(Br)cc2c1Cl)N1CCOCC1. The van der Waals surface area contributed by atoms with Crippen LogP contribution in [0.3, 0.4) is 0 Å². The van der Waals surface area contributed by atoms with Crippen LogP contribution < -0.4 is 20.5 Å². The second kappa shape index (κ2) is 21.4. The summed E-state index contributed by atoms with van der Waals surface area (Å²) in [7, 11) is -4.81. The van der Waals surface area contributed by atoms with Gasteiger partial charge in [0.2, 0.25) is 20.0 Å². The molecule has 0 bridgehead atoms. The zero-order chi connectivity index (χ0) is 47.1. The number of nitrogens with zero attached hydrogens (tertiary/aromatic N) is 4. The number of halogens is 3. The zero-order valence-electron chi connectivity index (χ0n) is 34.5. The molecule has 0 spiro atoms. The van der Waals surface area contributed by atoms with E-state index in [0.29, 0.717) is 61.3 Å². The van der Waals surface area contributed by atoms with Gasteiger partial charge < -0.3 is 40.2 Å². The lowest BCUT2D eigenvalue weighted by Crippen LogP contribution is -2.40. The normalized spacial score (nSPS) is 14.7. The van der Waals surface area contributed by atoms with Gasteiger partial charge in [-0.05, 0) is 60.7 Å².